The van der Waals surface area contributed by atoms with E-state index in [-0.39, 0.29) is 11.1 Å². The minimum absolute atomic E-state index is 0.0589. The van der Waals surface area contributed by atoms with Crippen LogP contribution in [-0.2, 0) is 17.4 Å². The Hall–Kier alpha value is -4.94. The van der Waals surface area contributed by atoms with Crippen LogP contribution in [0, 0.1) is 13.8 Å². The Kier molecular flexibility index (Phi) is 9.86. The molecule has 1 aliphatic heterocycles. The number of carbonyl (C=O) groups is 1. The highest BCUT2D eigenvalue weighted by Gasteiger charge is 2.37. The summed E-state index contributed by atoms with van der Waals surface area (Å²) >= 11 is 0. The number of rotatable bonds is 12. The van der Waals surface area contributed by atoms with Crippen molar-refractivity contribution in [1.29, 1.82) is 0 Å². The van der Waals surface area contributed by atoms with Gasteiger partial charge in [0.25, 0.3) is 0 Å². The molecule has 1 N–H and O–H groups in total. The SMILES string of the molecule is COc1ccc(CN2CCN(c3ccn(-c4cc(C)nc(Nc5ccc(-n6cccn6)cc5C)c4CCO[Si](C)(C)C(C)(C)C)n3)C2=O)cc1. The quantitative estimate of drug-likeness (QED) is 0.133. The van der Waals surface area contributed by atoms with Gasteiger partial charge in [-0.05, 0) is 85.6 Å². The van der Waals surface area contributed by atoms with Crippen molar-refractivity contribution in [2.24, 2.45) is 0 Å². The van der Waals surface area contributed by atoms with Crippen molar-refractivity contribution in [2.45, 2.75) is 65.7 Å². The molecule has 0 spiro atoms. The van der Waals surface area contributed by atoms with Gasteiger partial charge in [-0.3, -0.25) is 4.90 Å². The maximum Gasteiger partial charge on any atom is 0.326 e. The van der Waals surface area contributed by atoms with Gasteiger partial charge in [0.1, 0.15) is 11.6 Å². The molecule has 5 aromatic rings. The van der Waals surface area contributed by atoms with Crippen molar-refractivity contribution in [3.05, 3.63) is 102 Å². The molecule has 6 rings (SSSR count). The predicted molar refractivity (Wildman–Crippen MR) is 201 cm³/mol. The molecule has 3 aromatic heterocycles. The van der Waals surface area contributed by atoms with Crippen LogP contribution in [0.1, 0.15) is 43.2 Å². The van der Waals surface area contributed by atoms with Crippen LogP contribution in [-0.4, -0.2) is 70.6 Å². The Labute approximate surface area is 296 Å². The summed E-state index contributed by atoms with van der Waals surface area (Å²) in [5.41, 5.74) is 6.81. The molecule has 0 radical (unpaired) electrons. The minimum Gasteiger partial charge on any atom is -0.497 e. The molecular weight excluding hydrogens is 645 g/mol. The second-order valence-electron chi connectivity index (χ2n) is 14.4. The van der Waals surface area contributed by atoms with E-state index < -0.39 is 8.32 Å². The van der Waals surface area contributed by atoms with E-state index in [9.17, 15) is 4.79 Å². The monoisotopic (exact) mass is 692 g/mol. The molecule has 2 aromatic carbocycles. The molecule has 1 saturated heterocycles. The van der Waals surface area contributed by atoms with Crippen molar-refractivity contribution in [2.75, 3.05) is 37.0 Å². The van der Waals surface area contributed by atoms with E-state index in [0.29, 0.717) is 38.5 Å². The highest BCUT2D eigenvalue weighted by Crippen LogP contribution is 2.37. The maximum atomic E-state index is 13.5. The third-order valence-corrected chi connectivity index (χ3v) is 14.3. The Bertz CT molecular complexity index is 1950. The Morgan fingerprint density at radius 1 is 0.960 bits per heavy atom. The molecule has 1 aliphatic rings. The van der Waals surface area contributed by atoms with Crippen molar-refractivity contribution in [3.8, 4) is 17.1 Å². The summed E-state index contributed by atoms with van der Waals surface area (Å²) in [6.07, 6.45) is 6.27. The number of hydrogen-bond donors (Lipinski definition) is 1. The van der Waals surface area contributed by atoms with Crippen molar-refractivity contribution in [1.82, 2.24) is 29.4 Å². The number of urea groups is 1. The molecule has 0 unspecified atom stereocenters. The summed E-state index contributed by atoms with van der Waals surface area (Å²) in [5, 5.41) is 13.1. The number of anilines is 3. The molecule has 0 bridgehead atoms. The lowest BCUT2D eigenvalue weighted by molar-refractivity contribution is 0.218. The van der Waals surface area contributed by atoms with Crippen LogP contribution in [0.5, 0.6) is 5.75 Å². The van der Waals surface area contributed by atoms with Crippen LogP contribution in [0.4, 0.5) is 22.1 Å². The molecule has 2 amide bonds. The van der Waals surface area contributed by atoms with E-state index in [1.165, 1.54) is 0 Å². The molecular formula is C38H48N8O3Si. The maximum absolute atomic E-state index is 13.5. The van der Waals surface area contributed by atoms with E-state index in [1.807, 2.05) is 76.0 Å². The molecule has 0 saturated carbocycles. The van der Waals surface area contributed by atoms with E-state index in [4.69, 9.17) is 19.2 Å². The lowest BCUT2D eigenvalue weighted by Gasteiger charge is -2.36. The van der Waals surface area contributed by atoms with Gasteiger partial charge in [-0.1, -0.05) is 32.9 Å². The summed E-state index contributed by atoms with van der Waals surface area (Å²) in [4.78, 5) is 22.1. The van der Waals surface area contributed by atoms with Gasteiger partial charge in [-0.2, -0.15) is 5.10 Å². The van der Waals surface area contributed by atoms with Gasteiger partial charge in [0.05, 0.1) is 18.5 Å². The molecule has 50 heavy (non-hydrogen) atoms. The molecule has 4 heterocycles. The molecule has 12 heteroatoms. The van der Waals surface area contributed by atoms with Crippen molar-refractivity contribution < 1.29 is 14.0 Å². The first-order valence-corrected chi connectivity index (χ1v) is 20.0. The van der Waals surface area contributed by atoms with E-state index in [2.05, 4.69) is 69.4 Å². The van der Waals surface area contributed by atoms with Crippen LogP contribution in [0.15, 0.2) is 79.3 Å². The number of aryl methyl sites for hydroxylation is 2. The average Bonchev–Trinajstić information content (AvgIpc) is 3.85. The highest BCUT2D eigenvalue weighted by atomic mass is 28.4. The standard InChI is InChI=1S/C38H48N8O3Si/c1-27-24-30(45-19-9-18-39-45)12-15-33(27)41-36-32(17-23-49-50(7,8)38(3,4)5)34(25-28(2)40-36)46-20-16-35(42-46)44-22-21-43(37(44)47)26-29-10-13-31(48-6)14-11-29/h9-16,18-20,24-25H,17,21-23,26H2,1-8H3,(H,40,41). The summed E-state index contributed by atoms with van der Waals surface area (Å²) in [6, 6.07) is 19.9. The smallest absolute Gasteiger partial charge is 0.326 e. The zero-order chi connectivity index (χ0) is 35.6. The number of aromatic nitrogens is 5. The summed E-state index contributed by atoms with van der Waals surface area (Å²) in [7, 11) is -0.339. The summed E-state index contributed by atoms with van der Waals surface area (Å²) in [6.45, 7) is 17.6. The van der Waals surface area contributed by atoms with Gasteiger partial charge in [0, 0.05) is 74.3 Å². The first-order chi connectivity index (χ1) is 23.8. The number of nitrogens with one attached hydrogen (secondary N) is 1. The normalized spacial score (nSPS) is 13.7. The van der Waals surface area contributed by atoms with E-state index >= 15 is 0 Å². The Morgan fingerprint density at radius 2 is 1.74 bits per heavy atom. The number of methoxy groups -OCH3 is 1. The number of nitrogens with zero attached hydrogens (tertiary/aromatic N) is 7. The van der Waals surface area contributed by atoms with Crippen LogP contribution >= 0.6 is 0 Å². The molecule has 0 atom stereocenters. The fourth-order valence-electron chi connectivity index (χ4n) is 5.83. The van der Waals surface area contributed by atoms with Gasteiger partial charge in [-0.15, -0.1) is 5.10 Å². The Morgan fingerprint density at radius 3 is 2.42 bits per heavy atom. The third-order valence-electron chi connectivity index (χ3n) is 9.81. The van der Waals surface area contributed by atoms with Crippen LogP contribution in [0.2, 0.25) is 18.1 Å². The number of amides is 2. The second-order valence-corrected chi connectivity index (χ2v) is 19.2. The largest absolute Gasteiger partial charge is 0.497 e. The number of pyridine rings is 1. The van der Waals surface area contributed by atoms with Gasteiger partial charge in [0.2, 0.25) is 0 Å². The molecule has 1 fully saturated rings. The summed E-state index contributed by atoms with van der Waals surface area (Å²) in [5.74, 6) is 2.17. The number of hydrogen-bond acceptors (Lipinski definition) is 7. The third kappa shape index (κ3) is 7.46. The van der Waals surface area contributed by atoms with Crippen molar-refractivity contribution >= 4 is 31.7 Å². The van der Waals surface area contributed by atoms with E-state index in [1.54, 1.807) is 18.2 Å². The van der Waals surface area contributed by atoms with Crippen LogP contribution < -0.4 is 15.0 Å². The Balaban J connectivity index is 1.29. The fourth-order valence-corrected chi connectivity index (χ4v) is 6.87. The van der Waals surface area contributed by atoms with Crippen LogP contribution in [0.25, 0.3) is 11.4 Å². The summed E-state index contributed by atoms with van der Waals surface area (Å²) < 4.78 is 15.7. The minimum atomic E-state index is -1.99. The van der Waals surface area contributed by atoms with Crippen LogP contribution in [0.3, 0.4) is 0 Å². The first kappa shape index (κ1) is 34.9. The molecule has 11 nitrogen and oxygen atoms in total. The van der Waals surface area contributed by atoms with Gasteiger partial charge < -0.3 is 19.4 Å². The molecule has 0 aliphatic carbocycles. The average molecular weight is 693 g/mol. The predicted octanol–water partition coefficient (Wildman–Crippen LogP) is 7.83. The zero-order valence-corrected chi connectivity index (χ0v) is 31.4. The number of ether oxygens (including phenoxy) is 1. The van der Waals surface area contributed by atoms with E-state index in [0.717, 1.165) is 51.0 Å². The first-order valence-electron chi connectivity index (χ1n) is 17.1. The lowest BCUT2D eigenvalue weighted by Crippen LogP contribution is -2.41. The highest BCUT2D eigenvalue weighted by molar-refractivity contribution is 6.74. The van der Waals surface area contributed by atoms with Crippen molar-refractivity contribution in [3.63, 3.8) is 0 Å². The second kappa shape index (κ2) is 14.1. The lowest BCUT2D eigenvalue weighted by atomic mass is 10.1. The van der Waals surface area contributed by atoms with Gasteiger partial charge in [0.15, 0.2) is 14.1 Å². The topological polar surface area (TPSA) is 103 Å². The fraction of sp³-hybridized carbons (Fsp3) is 0.368. The van der Waals surface area contributed by atoms with Gasteiger partial charge in [-0.25, -0.2) is 19.1 Å². The number of carbonyl (C=O) groups excluding carboxylic acids is 1. The number of benzene rings is 2. The zero-order valence-electron chi connectivity index (χ0n) is 30.4. The molecule has 262 valence electrons. The van der Waals surface area contributed by atoms with Gasteiger partial charge >= 0.3 is 6.03 Å².